The minimum atomic E-state index is 0.425. The van der Waals surface area contributed by atoms with Gasteiger partial charge in [-0.3, -0.25) is 0 Å². The molecule has 0 atom stereocenters. The minimum Gasteiger partial charge on any atom is -0.379 e. The van der Waals surface area contributed by atoms with Crippen molar-refractivity contribution >= 4 is 17.3 Å². The van der Waals surface area contributed by atoms with Crippen molar-refractivity contribution in [1.82, 2.24) is 4.98 Å². The molecule has 1 N–H and O–H groups in total. The summed E-state index contributed by atoms with van der Waals surface area (Å²) in [5.74, 6) is 0. The number of anilines is 1. The van der Waals surface area contributed by atoms with E-state index in [1.807, 2.05) is 12.1 Å². The number of nitrogens with zero attached hydrogens (tertiary/aromatic N) is 1. The zero-order chi connectivity index (χ0) is 11.7. The lowest BCUT2D eigenvalue weighted by atomic mass is 10.1. The van der Waals surface area contributed by atoms with Gasteiger partial charge in [0.1, 0.15) is 0 Å². The average molecular weight is 245 g/mol. The first-order valence-electron chi connectivity index (χ1n) is 5.77. The van der Waals surface area contributed by atoms with Crippen molar-refractivity contribution in [3.8, 4) is 0 Å². The molecule has 1 aliphatic rings. The lowest BCUT2D eigenvalue weighted by Crippen LogP contribution is -2.19. The quantitative estimate of drug-likeness (QED) is 0.820. The number of benzene rings is 1. The van der Waals surface area contributed by atoms with Crippen molar-refractivity contribution in [2.24, 2.45) is 0 Å². The standard InChI is InChI=1S/C14H13ClN2/c15-14-13(6-3-7-16-14)17-12-8-10-4-1-2-5-11(10)9-12/h1-7,12,17H,8-9H2. The zero-order valence-electron chi connectivity index (χ0n) is 9.36. The molecule has 0 saturated heterocycles. The predicted octanol–water partition coefficient (Wildman–Crippen LogP) is 3.31. The molecule has 0 spiro atoms. The first kappa shape index (κ1) is 10.6. The molecule has 1 heterocycles. The molecule has 0 unspecified atom stereocenters. The Labute approximate surface area is 106 Å². The second-order valence-electron chi connectivity index (χ2n) is 4.36. The number of hydrogen-bond acceptors (Lipinski definition) is 2. The third-order valence-electron chi connectivity index (χ3n) is 3.17. The lowest BCUT2D eigenvalue weighted by molar-refractivity contribution is 0.773. The van der Waals surface area contributed by atoms with Crippen molar-refractivity contribution in [2.75, 3.05) is 5.32 Å². The van der Waals surface area contributed by atoms with Gasteiger partial charge in [-0.15, -0.1) is 0 Å². The van der Waals surface area contributed by atoms with Gasteiger partial charge < -0.3 is 5.32 Å². The van der Waals surface area contributed by atoms with Crippen LogP contribution in [-0.2, 0) is 12.8 Å². The van der Waals surface area contributed by atoms with E-state index in [9.17, 15) is 0 Å². The van der Waals surface area contributed by atoms with Gasteiger partial charge in [0.15, 0.2) is 5.15 Å². The fourth-order valence-corrected chi connectivity index (χ4v) is 2.55. The van der Waals surface area contributed by atoms with Gasteiger partial charge in [0.2, 0.25) is 0 Å². The van der Waals surface area contributed by atoms with Crippen LogP contribution >= 0.6 is 11.6 Å². The Kier molecular flexibility index (Phi) is 2.73. The Bertz CT molecular complexity index is 514. The van der Waals surface area contributed by atoms with Crippen molar-refractivity contribution in [2.45, 2.75) is 18.9 Å². The van der Waals surface area contributed by atoms with E-state index in [1.54, 1.807) is 6.20 Å². The number of aromatic nitrogens is 1. The minimum absolute atomic E-state index is 0.425. The molecule has 0 amide bonds. The van der Waals surface area contributed by atoms with E-state index < -0.39 is 0 Å². The van der Waals surface area contributed by atoms with Crippen LogP contribution < -0.4 is 5.32 Å². The third-order valence-corrected chi connectivity index (χ3v) is 3.47. The average Bonchev–Trinajstić information content (AvgIpc) is 2.74. The molecular weight excluding hydrogens is 232 g/mol. The van der Waals surface area contributed by atoms with E-state index in [4.69, 9.17) is 11.6 Å². The van der Waals surface area contributed by atoms with Crippen LogP contribution in [0.3, 0.4) is 0 Å². The van der Waals surface area contributed by atoms with Gasteiger partial charge in [-0.2, -0.15) is 0 Å². The highest BCUT2D eigenvalue weighted by atomic mass is 35.5. The molecule has 3 rings (SSSR count). The van der Waals surface area contributed by atoms with Crippen LogP contribution in [0.1, 0.15) is 11.1 Å². The molecule has 0 fully saturated rings. The maximum absolute atomic E-state index is 6.04. The summed E-state index contributed by atoms with van der Waals surface area (Å²) >= 11 is 6.04. The maximum atomic E-state index is 6.04. The summed E-state index contributed by atoms with van der Waals surface area (Å²) in [7, 11) is 0. The van der Waals surface area contributed by atoms with E-state index in [0.717, 1.165) is 18.5 Å². The number of hydrogen-bond donors (Lipinski definition) is 1. The second kappa shape index (κ2) is 4.38. The Morgan fingerprint density at radius 3 is 2.41 bits per heavy atom. The van der Waals surface area contributed by atoms with Gasteiger partial charge in [-0.1, -0.05) is 35.9 Å². The van der Waals surface area contributed by atoms with Crippen molar-refractivity contribution < 1.29 is 0 Å². The number of rotatable bonds is 2. The zero-order valence-corrected chi connectivity index (χ0v) is 10.1. The van der Waals surface area contributed by atoms with E-state index >= 15 is 0 Å². The number of nitrogens with one attached hydrogen (secondary N) is 1. The molecule has 1 aromatic heterocycles. The number of halogens is 1. The molecule has 2 nitrogen and oxygen atoms in total. The molecule has 0 saturated carbocycles. The molecule has 3 heteroatoms. The summed E-state index contributed by atoms with van der Waals surface area (Å²) in [6.45, 7) is 0. The summed E-state index contributed by atoms with van der Waals surface area (Å²) in [4.78, 5) is 4.07. The van der Waals surface area contributed by atoms with E-state index in [-0.39, 0.29) is 0 Å². The lowest BCUT2D eigenvalue weighted by Gasteiger charge is -2.14. The van der Waals surface area contributed by atoms with Crippen LogP contribution in [-0.4, -0.2) is 11.0 Å². The van der Waals surface area contributed by atoms with Crippen LogP contribution in [0.5, 0.6) is 0 Å². The van der Waals surface area contributed by atoms with Gasteiger partial charge >= 0.3 is 0 Å². The maximum Gasteiger partial charge on any atom is 0.152 e. The molecule has 0 bridgehead atoms. The fraction of sp³-hybridized carbons (Fsp3) is 0.214. The summed E-state index contributed by atoms with van der Waals surface area (Å²) < 4.78 is 0. The SMILES string of the molecule is Clc1ncccc1NC1Cc2ccccc2C1. The number of fused-ring (bicyclic) bond motifs is 1. The summed E-state index contributed by atoms with van der Waals surface area (Å²) in [5, 5.41) is 4.01. The first-order chi connectivity index (χ1) is 8.33. The van der Waals surface area contributed by atoms with Crippen molar-refractivity contribution in [3.63, 3.8) is 0 Å². The Hall–Kier alpha value is -1.54. The molecule has 0 radical (unpaired) electrons. The molecule has 86 valence electrons. The molecule has 2 aromatic rings. The molecular formula is C14H13ClN2. The monoisotopic (exact) mass is 244 g/mol. The van der Waals surface area contributed by atoms with Crippen molar-refractivity contribution in [3.05, 3.63) is 58.9 Å². The van der Waals surface area contributed by atoms with Crippen molar-refractivity contribution in [1.29, 1.82) is 0 Å². The van der Waals surface area contributed by atoms with Gasteiger partial charge in [0.05, 0.1) is 5.69 Å². The Morgan fingerprint density at radius 2 is 1.76 bits per heavy atom. The predicted molar refractivity (Wildman–Crippen MR) is 70.5 cm³/mol. The second-order valence-corrected chi connectivity index (χ2v) is 4.72. The number of pyridine rings is 1. The van der Waals surface area contributed by atoms with E-state index in [0.29, 0.717) is 11.2 Å². The Balaban J connectivity index is 1.76. The van der Waals surface area contributed by atoms with Gasteiger partial charge in [0, 0.05) is 12.2 Å². The summed E-state index contributed by atoms with van der Waals surface area (Å²) in [6, 6.07) is 12.9. The molecule has 17 heavy (non-hydrogen) atoms. The van der Waals surface area contributed by atoms with Gasteiger partial charge in [-0.05, 0) is 36.1 Å². The molecule has 1 aliphatic carbocycles. The fourth-order valence-electron chi connectivity index (χ4n) is 2.37. The molecule has 1 aromatic carbocycles. The van der Waals surface area contributed by atoms with Crippen LogP contribution in [0.2, 0.25) is 5.15 Å². The normalized spacial score (nSPS) is 14.6. The highest BCUT2D eigenvalue weighted by molar-refractivity contribution is 6.31. The molecule has 0 aliphatic heterocycles. The first-order valence-corrected chi connectivity index (χ1v) is 6.14. The summed E-state index contributed by atoms with van der Waals surface area (Å²) in [5.41, 5.74) is 3.79. The highest BCUT2D eigenvalue weighted by Crippen LogP contribution is 2.26. The van der Waals surface area contributed by atoms with Gasteiger partial charge in [0.25, 0.3) is 0 Å². The summed E-state index contributed by atoms with van der Waals surface area (Å²) in [6.07, 6.45) is 3.82. The van der Waals surface area contributed by atoms with E-state index in [2.05, 4.69) is 34.6 Å². The van der Waals surface area contributed by atoms with E-state index in [1.165, 1.54) is 11.1 Å². The van der Waals surface area contributed by atoms with Crippen LogP contribution in [0.4, 0.5) is 5.69 Å². The Morgan fingerprint density at radius 1 is 1.06 bits per heavy atom. The topological polar surface area (TPSA) is 24.9 Å². The third kappa shape index (κ3) is 2.13. The van der Waals surface area contributed by atoms with Crippen LogP contribution in [0.15, 0.2) is 42.6 Å². The largest absolute Gasteiger partial charge is 0.379 e. The smallest absolute Gasteiger partial charge is 0.152 e. The van der Waals surface area contributed by atoms with Crippen LogP contribution in [0, 0.1) is 0 Å². The highest BCUT2D eigenvalue weighted by Gasteiger charge is 2.21. The van der Waals surface area contributed by atoms with Crippen LogP contribution in [0.25, 0.3) is 0 Å². The van der Waals surface area contributed by atoms with Gasteiger partial charge in [-0.25, -0.2) is 4.98 Å².